The van der Waals surface area contributed by atoms with E-state index in [2.05, 4.69) is 20.2 Å². The molecule has 33 heavy (non-hydrogen) atoms. The lowest BCUT2D eigenvalue weighted by molar-refractivity contribution is -0.132. The Hall–Kier alpha value is -3.17. The van der Waals surface area contributed by atoms with Gasteiger partial charge in [-0.2, -0.15) is 0 Å². The van der Waals surface area contributed by atoms with E-state index >= 15 is 0 Å². The van der Waals surface area contributed by atoms with Gasteiger partial charge < -0.3 is 10.2 Å². The van der Waals surface area contributed by atoms with Crippen LogP contribution in [0.1, 0.15) is 33.0 Å². The highest BCUT2D eigenvalue weighted by Gasteiger charge is 2.21. The first-order valence-electron chi connectivity index (χ1n) is 10.9. The summed E-state index contributed by atoms with van der Waals surface area (Å²) in [5.74, 6) is -0.514. The number of nitrogens with one attached hydrogen (secondary N) is 1. The normalized spacial score (nSPS) is 14.3. The molecule has 0 bridgehead atoms. The van der Waals surface area contributed by atoms with Crippen LogP contribution in [0.25, 0.3) is 0 Å². The third kappa shape index (κ3) is 6.66. The van der Waals surface area contributed by atoms with E-state index in [0.717, 1.165) is 30.2 Å². The number of aromatic nitrogens is 2. The van der Waals surface area contributed by atoms with Gasteiger partial charge in [-0.25, -0.2) is 9.37 Å². The number of carbonyl (C=O) groups is 2. The zero-order valence-corrected chi connectivity index (χ0v) is 19.1. The molecular formula is C24H26FN5O2S. The minimum absolute atomic E-state index is 0.0501. The van der Waals surface area contributed by atoms with E-state index in [9.17, 15) is 14.0 Å². The SMILES string of the molecule is O=C(NCCC(=O)N1CCN(Cc2ccncc2)CC1)c1csc(Cc2ccc(F)cc2)n1. The predicted molar refractivity (Wildman–Crippen MR) is 124 cm³/mol. The van der Waals surface area contributed by atoms with Gasteiger partial charge in [0.15, 0.2) is 0 Å². The topological polar surface area (TPSA) is 78.4 Å². The first-order chi connectivity index (χ1) is 16.1. The molecule has 1 aromatic carbocycles. The molecular weight excluding hydrogens is 441 g/mol. The molecule has 3 aromatic rings. The Balaban J connectivity index is 1.17. The summed E-state index contributed by atoms with van der Waals surface area (Å²) in [6.07, 6.45) is 4.40. The molecule has 3 heterocycles. The lowest BCUT2D eigenvalue weighted by atomic mass is 10.1. The van der Waals surface area contributed by atoms with E-state index in [-0.39, 0.29) is 30.6 Å². The number of benzene rings is 1. The van der Waals surface area contributed by atoms with Crippen molar-refractivity contribution in [3.8, 4) is 0 Å². The number of hydrogen-bond acceptors (Lipinski definition) is 6. The molecule has 1 fully saturated rings. The van der Waals surface area contributed by atoms with E-state index < -0.39 is 0 Å². The summed E-state index contributed by atoms with van der Waals surface area (Å²) < 4.78 is 13.0. The Bertz CT molecular complexity index is 1070. The second-order valence-corrected chi connectivity index (χ2v) is 8.89. The second kappa shape index (κ2) is 11.1. The number of rotatable bonds is 8. The summed E-state index contributed by atoms with van der Waals surface area (Å²) in [5.41, 5.74) is 2.49. The molecule has 0 saturated carbocycles. The molecule has 1 saturated heterocycles. The van der Waals surface area contributed by atoms with Gasteiger partial charge in [-0.1, -0.05) is 12.1 Å². The number of nitrogens with zero attached hydrogens (tertiary/aromatic N) is 4. The van der Waals surface area contributed by atoms with Crippen LogP contribution in [0.15, 0.2) is 54.2 Å². The maximum atomic E-state index is 13.0. The van der Waals surface area contributed by atoms with E-state index in [1.807, 2.05) is 17.0 Å². The van der Waals surface area contributed by atoms with Gasteiger partial charge in [-0.3, -0.25) is 19.5 Å². The molecule has 0 radical (unpaired) electrons. The van der Waals surface area contributed by atoms with Gasteiger partial charge in [0.25, 0.3) is 5.91 Å². The second-order valence-electron chi connectivity index (χ2n) is 7.95. The first kappa shape index (κ1) is 23.0. The summed E-state index contributed by atoms with van der Waals surface area (Å²) in [6, 6.07) is 10.3. The molecule has 172 valence electrons. The molecule has 0 spiro atoms. The predicted octanol–water partition coefficient (Wildman–Crippen LogP) is 2.73. The van der Waals surface area contributed by atoms with Crippen molar-refractivity contribution in [2.45, 2.75) is 19.4 Å². The molecule has 0 unspecified atom stereocenters. The average Bonchev–Trinajstić information content (AvgIpc) is 3.30. The van der Waals surface area contributed by atoms with Crippen LogP contribution in [-0.4, -0.2) is 64.3 Å². The maximum Gasteiger partial charge on any atom is 0.270 e. The van der Waals surface area contributed by atoms with Crippen molar-refractivity contribution in [3.05, 3.63) is 81.8 Å². The number of carbonyl (C=O) groups excluding carboxylic acids is 2. The number of hydrogen-bond donors (Lipinski definition) is 1. The van der Waals surface area contributed by atoms with Gasteiger partial charge >= 0.3 is 0 Å². The minimum Gasteiger partial charge on any atom is -0.350 e. The maximum absolute atomic E-state index is 13.0. The Morgan fingerprint density at radius 1 is 1.00 bits per heavy atom. The Morgan fingerprint density at radius 3 is 2.45 bits per heavy atom. The molecule has 1 aliphatic rings. The lowest BCUT2D eigenvalue weighted by Gasteiger charge is -2.34. The molecule has 2 amide bonds. The summed E-state index contributed by atoms with van der Waals surface area (Å²) in [4.78, 5) is 37.5. The molecule has 2 aromatic heterocycles. The number of amides is 2. The van der Waals surface area contributed by atoms with Gasteiger partial charge in [0.1, 0.15) is 11.5 Å². The summed E-state index contributed by atoms with van der Waals surface area (Å²) >= 11 is 1.39. The fourth-order valence-electron chi connectivity index (χ4n) is 3.71. The van der Waals surface area contributed by atoms with E-state index in [0.29, 0.717) is 25.2 Å². The zero-order chi connectivity index (χ0) is 23.0. The summed E-state index contributed by atoms with van der Waals surface area (Å²) in [6.45, 7) is 4.18. The van der Waals surface area contributed by atoms with Crippen LogP contribution in [0.3, 0.4) is 0 Å². The number of pyridine rings is 1. The zero-order valence-electron chi connectivity index (χ0n) is 18.2. The monoisotopic (exact) mass is 467 g/mol. The lowest BCUT2D eigenvalue weighted by Crippen LogP contribution is -2.48. The molecule has 0 aliphatic carbocycles. The number of halogens is 1. The van der Waals surface area contributed by atoms with Crippen LogP contribution in [-0.2, 0) is 17.8 Å². The third-order valence-electron chi connectivity index (χ3n) is 5.56. The van der Waals surface area contributed by atoms with Crippen molar-refractivity contribution in [1.29, 1.82) is 0 Å². The smallest absolute Gasteiger partial charge is 0.270 e. The van der Waals surface area contributed by atoms with Crippen LogP contribution in [0.2, 0.25) is 0 Å². The Labute approximate surface area is 196 Å². The van der Waals surface area contributed by atoms with Crippen LogP contribution in [0.5, 0.6) is 0 Å². The highest BCUT2D eigenvalue weighted by atomic mass is 32.1. The van der Waals surface area contributed by atoms with Crippen molar-refractivity contribution in [2.24, 2.45) is 0 Å². The highest BCUT2D eigenvalue weighted by Crippen LogP contribution is 2.15. The van der Waals surface area contributed by atoms with Crippen molar-refractivity contribution in [1.82, 2.24) is 25.1 Å². The van der Waals surface area contributed by atoms with Gasteiger partial charge in [-0.05, 0) is 35.4 Å². The minimum atomic E-state index is -0.286. The van der Waals surface area contributed by atoms with Crippen molar-refractivity contribution in [3.63, 3.8) is 0 Å². The fourth-order valence-corrected chi connectivity index (χ4v) is 4.52. The van der Waals surface area contributed by atoms with Crippen LogP contribution < -0.4 is 5.32 Å². The van der Waals surface area contributed by atoms with E-state index in [4.69, 9.17) is 0 Å². The molecule has 7 nitrogen and oxygen atoms in total. The standard InChI is InChI=1S/C24H26FN5O2S/c25-20-3-1-18(2-4-20)15-22-28-21(17-33-22)24(32)27-10-7-23(31)30-13-11-29(12-14-30)16-19-5-8-26-9-6-19/h1-6,8-9,17H,7,10-16H2,(H,27,32). The fraction of sp³-hybridized carbons (Fsp3) is 0.333. The van der Waals surface area contributed by atoms with Gasteiger partial charge in [0, 0.05) is 69.9 Å². The van der Waals surface area contributed by atoms with Crippen LogP contribution in [0, 0.1) is 5.82 Å². The molecule has 9 heteroatoms. The Morgan fingerprint density at radius 2 is 1.73 bits per heavy atom. The molecule has 1 aliphatic heterocycles. The van der Waals surface area contributed by atoms with Crippen molar-refractivity contribution >= 4 is 23.2 Å². The van der Waals surface area contributed by atoms with Crippen molar-refractivity contribution in [2.75, 3.05) is 32.7 Å². The van der Waals surface area contributed by atoms with Crippen LogP contribution >= 0.6 is 11.3 Å². The van der Waals surface area contributed by atoms with Gasteiger partial charge in [0.2, 0.25) is 5.91 Å². The quantitative estimate of drug-likeness (QED) is 0.551. The Kier molecular flexibility index (Phi) is 7.74. The van der Waals surface area contributed by atoms with Crippen molar-refractivity contribution < 1.29 is 14.0 Å². The molecule has 4 rings (SSSR count). The number of thiazole rings is 1. The average molecular weight is 468 g/mol. The summed E-state index contributed by atoms with van der Waals surface area (Å²) in [7, 11) is 0. The summed E-state index contributed by atoms with van der Waals surface area (Å²) in [5, 5.41) is 5.28. The van der Waals surface area contributed by atoms with Gasteiger partial charge in [0.05, 0.1) is 5.01 Å². The number of piperazine rings is 1. The highest BCUT2D eigenvalue weighted by molar-refractivity contribution is 7.09. The largest absolute Gasteiger partial charge is 0.350 e. The van der Waals surface area contributed by atoms with Crippen LogP contribution in [0.4, 0.5) is 4.39 Å². The molecule has 0 atom stereocenters. The van der Waals surface area contributed by atoms with Gasteiger partial charge in [-0.15, -0.1) is 11.3 Å². The third-order valence-corrected chi connectivity index (χ3v) is 6.41. The first-order valence-corrected chi connectivity index (χ1v) is 11.8. The van der Waals surface area contributed by atoms with E-state index in [1.165, 1.54) is 29.0 Å². The molecule has 1 N–H and O–H groups in total. The van der Waals surface area contributed by atoms with E-state index in [1.54, 1.807) is 29.9 Å².